The summed E-state index contributed by atoms with van der Waals surface area (Å²) in [6.07, 6.45) is 56.1. The maximum Gasteiger partial charge on any atom is 0.224 e. The van der Waals surface area contributed by atoms with Gasteiger partial charge in [0.25, 0.3) is 0 Å². The summed E-state index contributed by atoms with van der Waals surface area (Å²) in [5.41, 5.74) is 13.7. The summed E-state index contributed by atoms with van der Waals surface area (Å²) in [4.78, 5) is 72.6. The Morgan fingerprint density at radius 3 is 0.761 bits per heavy atom. The van der Waals surface area contributed by atoms with Crippen LogP contribution in [0.2, 0.25) is 0 Å². The largest absolute Gasteiger partial charge is 0.385 e. The Morgan fingerprint density at radius 2 is 0.523 bits per heavy atom. The molecule has 4 rings (SSSR count). The van der Waals surface area contributed by atoms with E-state index in [-0.39, 0.29) is 69.2 Å². The molecule has 0 aromatic rings. The molecule has 0 fully saturated rings. The molecule has 0 heterocycles. The first-order chi connectivity index (χ1) is 40.9. The van der Waals surface area contributed by atoms with Gasteiger partial charge in [-0.3, -0.25) is 28.8 Å². The predicted molar refractivity (Wildman–Crippen MR) is 368 cm³/mol. The normalized spacial score (nSPS) is 22.9. The summed E-state index contributed by atoms with van der Waals surface area (Å²) in [6.45, 7) is 39.6. The Labute approximate surface area is 528 Å². The van der Waals surface area contributed by atoms with Gasteiger partial charge in [-0.05, 0) is 151 Å². The van der Waals surface area contributed by atoms with Crippen LogP contribution in [-0.2, 0) is 28.8 Å². The molecular formula is C80H100O8. The number of ketones is 6. The Balaban J connectivity index is 0.000000460. The fourth-order valence-electron chi connectivity index (χ4n) is 10.9. The van der Waals surface area contributed by atoms with E-state index < -0.39 is 12.2 Å². The van der Waals surface area contributed by atoms with Gasteiger partial charge in [-0.15, -0.1) is 0 Å². The van der Waals surface area contributed by atoms with E-state index in [4.69, 9.17) is 0 Å². The van der Waals surface area contributed by atoms with Crippen molar-refractivity contribution in [3.63, 3.8) is 0 Å². The first kappa shape index (κ1) is 74.5. The summed E-state index contributed by atoms with van der Waals surface area (Å²) in [6, 6.07) is 0. The summed E-state index contributed by atoms with van der Waals surface area (Å²) in [7, 11) is 0. The van der Waals surface area contributed by atoms with Crippen LogP contribution in [-0.4, -0.2) is 57.1 Å². The van der Waals surface area contributed by atoms with Gasteiger partial charge < -0.3 is 10.2 Å². The fraction of sp³-hybridized carbons (Fsp3) is 0.375. The van der Waals surface area contributed by atoms with Crippen LogP contribution in [0, 0.1) is 21.7 Å². The Hall–Kier alpha value is -7.78. The highest BCUT2D eigenvalue weighted by atomic mass is 16.3. The summed E-state index contributed by atoms with van der Waals surface area (Å²) in [5.74, 6) is -1.70. The van der Waals surface area contributed by atoms with Crippen LogP contribution in [0.3, 0.4) is 0 Å². The van der Waals surface area contributed by atoms with Crippen LogP contribution >= 0.6 is 0 Å². The van der Waals surface area contributed by atoms with Crippen molar-refractivity contribution in [2.24, 2.45) is 21.7 Å². The highest BCUT2D eigenvalue weighted by Gasteiger charge is 2.39. The van der Waals surface area contributed by atoms with E-state index in [2.05, 4.69) is 65.8 Å². The van der Waals surface area contributed by atoms with Crippen LogP contribution in [0.15, 0.2) is 259 Å². The van der Waals surface area contributed by atoms with Gasteiger partial charge in [-0.25, -0.2) is 0 Å². The quantitative estimate of drug-likeness (QED) is 0.0906. The van der Waals surface area contributed by atoms with Gasteiger partial charge >= 0.3 is 0 Å². The third-order valence-electron chi connectivity index (χ3n) is 16.3. The molecule has 0 radical (unpaired) electrons. The zero-order valence-corrected chi connectivity index (χ0v) is 56.5. The molecule has 8 nitrogen and oxygen atoms in total. The monoisotopic (exact) mass is 1190 g/mol. The topological polar surface area (TPSA) is 143 Å². The first-order valence-electron chi connectivity index (χ1n) is 30.5. The van der Waals surface area contributed by atoms with E-state index in [0.717, 1.165) is 66.9 Å². The van der Waals surface area contributed by atoms with Crippen LogP contribution in [0.1, 0.15) is 164 Å². The van der Waals surface area contributed by atoms with Crippen LogP contribution in [0.25, 0.3) is 0 Å². The lowest BCUT2D eigenvalue weighted by molar-refractivity contribution is -0.136. The molecule has 2 unspecified atom stereocenters. The SMILES string of the molecule is CC1=C(/C=C/C(C)=C/C=C/C(C)=C/C=C/C=C(C)/C=C/C=C(C)/C=C/C2=C(C)C(=O)C(=O)CC2(C)C)C(C)(C)CC(=O)C1=O.CC1=C(/C=C/C(C)=C/C=C/C(C)=C/C=C/C=C(C)/C=C/C=C(C)/C=C/C2=C(C)C(=O)C(O)CC2(C)C)C(C)(C)CC(O)C1=O. The van der Waals surface area contributed by atoms with E-state index in [9.17, 15) is 39.0 Å². The Bertz CT molecular complexity index is 3220. The molecule has 2 N–H and O–H groups in total. The average Bonchev–Trinajstić information content (AvgIpc) is 2.48. The number of carbonyl (C=O) groups is 6. The van der Waals surface area contributed by atoms with E-state index in [1.54, 1.807) is 27.7 Å². The van der Waals surface area contributed by atoms with Gasteiger partial charge in [0.15, 0.2) is 11.6 Å². The Kier molecular flexibility index (Phi) is 28.4. The molecule has 468 valence electrons. The molecule has 0 bridgehead atoms. The third-order valence-corrected chi connectivity index (χ3v) is 16.3. The highest BCUT2D eigenvalue weighted by molar-refractivity contribution is 6.45. The van der Waals surface area contributed by atoms with Crippen LogP contribution < -0.4 is 0 Å². The smallest absolute Gasteiger partial charge is 0.224 e. The van der Waals surface area contributed by atoms with Gasteiger partial charge in [0, 0.05) is 24.0 Å². The van der Waals surface area contributed by atoms with Crippen molar-refractivity contribution in [3.8, 4) is 0 Å². The molecule has 8 heteroatoms. The van der Waals surface area contributed by atoms with Crippen LogP contribution in [0.4, 0.5) is 0 Å². The van der Waals surface area contributed by atoms with E-state index >= 15 is 0 Å². The molecule has 0 aliphatic heterocycles. The highest BCUT2D eigenvalue weighted by Crippen LogP contribution is 2.42. The minimum absolute atomic E-state index is 0.175. The number of hydrogen-bond acceptors (Lipinski definition) is 8. The van der Waals surface area contributed by atoms with Gasteiger partial charge in [0.2, 0.25) is 23.1 Å². The molecular weight excluding hydrogens is 1090 g/mol. The van der Waals surface area contributed by atoms with E-state index in [1.165, 1.54) is 0 Å². The summed E-state index contributed by atoms with van der Waals surface area (Å²) >= 11 is 0. The second kappa shape index (κ2) is 33.5. The first-order valence-corrected chi connectivity index (χ1v) is 30.5. The average molecular weight is 1190 g/mol. The molecule has 0 aromatic carbocycles. The van der Waals surface area contributed by atoms with Gasteiger partial charge in [0.1, 0.15) is 12.2 Å². The maximum absolute atomic E-state index is 12.2. The van der Waals surface area contributed by atoms with Crippen molar-refractivity contribution < 1.29 is 39.0 Å². The van der Waals surface area contributed by atoms with Crippen molar-refractivity contribution in [3.05, 3.63) is 259 Å². The second-order valence-corrected chi connectivity index (χ2v) is 26.5. The minimum Gasteiger partial charge on any atom is -0.385 e. The second-order valence-electron chi connectivity index (χ2n) is 26.5. The van der Waals surface area contributed by atoms with Crippen molar-refractivity contribution >= 4 is 34.7 Å². The molecule has 88 heavy (non-hydrogen) atoms. The Morgan fingerprint density at radius 1 is 0.318 bits per heavy atom. The third kappa shape index (κ3) is 23.1. The molecule has 0 aromatic heterocycles. The lowest BCUT2D eigenvalue weighted by atomic mass is 9.71. The maximum atomic E-state index is 12.2. The number of aliphatic hydroxyl groups is 2. The zero-order chi connectivity index (χ0) is 66.5. The summed E-state index contributed by atoms with van der Waals surface area (Å²) in [5, 5.41) is 20.0. The number of carbonyl (C=O) groups excluding carboxylic acids is 6. The number of hydrogen-bond donors (Lipinski definition) is 2. The molecule has 0 saturated carbocycles. The van der Waals surface area contributed by atoms with Gasteiger partial charge in [-0.1, -0.05) is 270 Å². The lowest BCUT2D eigenvalue weighted by Gasteiger charge is -2.34. The van der Waals surface area contributed by atoms with Crippen molar-refractivity contribution in [1.29, 1.82) is 0 Å². The van der Waals surface area contributed by atoms with E-state index in [1.807, 2.05) is 215 Å². The van der Waals surface area contributed by atoms with Gasteiger partial charge in [0.05, 0.1) is 0 Å². The number of allylic oxidation sites excluding steroid dienone is 42. The van der Waals surface area contributed by atoms with Crippen LogP contribution in [0.5, 0.6) is 0 Å². The van der Waals surface area contributed by atoms with Crippen molar-refractivity contribution in [2.75, 3.05) is 0 Å². The van der Waals surface area contributed by atoms with E-state index in [0.29, 0.717) is 35.1 Å². The molecule has 0 saturated heterocycles. The molecule has 0 spiro atoms. The molecule has 4 aliphatic carbocycles. The molecule has 2 atom stereocenters. The number of rotatable bonds is 20. The molecule has 0 amide bonds. The predicted octanol–water partition coefficient (Wildman–Crippen LogP) is 18.2. The minimum atomic E-state index is -0.907. The lowest BCUT2D eigenvalue weighted by Crippen LogP contribution is -2.35. The number of Topliss-reactive ketones (excluding diaryl/α,β-unsaturated/α-hetero) is 6. The number of aliphatic hydroxyl groups excluding tert-OH is 2. The fourth-order valence-corrected chi connectivity index (χ4v) is 10.9. The standard InChI is InChI=1S/C40H52O4.C40H48O4/c2*1-27(17-13-19-29(3)21-23-33-31(5)37(43)35(41)25-39(33,7)8)15-11-12-16-28(2)18-14-20-30(4)22-24-34-32(6)38(44)36(42)26-40(34,9)10/h11-24,35-36,41-42H,25-26H2,1-10H3;11-24H,25-26H2,1-10H3/b2*12-11+,17-13+,18-14+,23-21+,24-22+,27-15+,28-16+,29-19+,30-20+. The van der Waals surface area contributed by atoms with Crippen molar-refractivity contribution in [2.45, 2.75) is 176 Å². The van der Waals surface area contributed by atoms with Crippen molar-refractivity contribution in [1.82, 2.24) is 0 Å². The van der Waals surface area contributed by atoms with Gasteiger partial charge in [-0.2, -0.15) is 0 Å². The zero-order valence-electron chi connectivity index (χ0n) is 56.5. The summed E-state index contributed by atoms with van der Waals surface area (Å²) < 4.78 is 0. The molecule has 4 aliphatic rings.